The first kappa shape index (κ1) is 13.4. The Labute approximate surface area is 112 Å². The highest BCUT2D eigenvalue weighted by molar-refractivity contribution is 5.86. The molecule has 1 aromatic carbocycles. The van der Waals surface area contributed by atoms with Crippen molar-refractivity contribution in [2.45, 2.75) is 13.3 Å². The zero-order valence-corrected chi connectivity index (χ0v) is 11.1. The molecule has 1 unspecified atom stereocenters. The second-order valence-corrected chi connectivity index (χ2v) is 4.76. The van der Waals surface area contributed by atoms with E-state index in [4.69, 9.17) is 5.73 Å². The third-order valence-corrected chi connectivity index (χ3v) is 3.41. The highest BCUT2D eigenvalue weighted by atomic mass is 16.2. The summed E-state index contributed by atoms with van der Waals surface area (Å²) in [6, 6.07) is 7.97. The topological polar surface area (TPSA) is 75.4 Å². The number of benzene rings is 1. The van der Waals surface area contributed by atoms with Crippen LogP contribution in [0.15, 0.2) is 24.3 Å². The van der Waals surface area contributed by atoms with E-state index in [1.54, 1.807) is 0 Å². The first-order valence-electron chi connectivity index (χ1n) is 6.50. The second kappa shape index (κ2) is 5.73. The van der Waals surface area contributed by atoms with E-state index < -0.39 is 5.91 Å². The second-order valence-electron chi connectivity index (χ2n) is 4.76. The average molecular weight is 261 g/mol. The van der Waals surface area contributed by atoms with E-state index in [2.05, 4.69) is 5.32 Å². The molecule has 102 valence electrons. The van der Waals surface area contributed by atoms with Crippen LogP contribution in [0.2, 0.25) is 0 Å². The van der Waals surface area contributed by atoms with Gasteiger partial charge in [-0.1, -0.05) is 18.2 Å². The van der Waals surface area contributed by atoms with Crippen LogP contribution in [-0.4, -0.2) is 36.3 Å². The van der Waals surface area contributed by atoms with E-state index in [0.717, 1.165) is 11.3 Å². The third kappa shape index (κ3) is 3.05. The molecule has 1 aliphatic rings. The first-order chi connectivity index (χ1) is 9.11. The normalized spacial score (nSPS) is 17.2. The number of nitrogens with two attached hydrogens (primary N) is 1. The molecule has 2 rings (SSSR count). The zero-order chi connectivity index (χ0) is 13.8. The minimum atomic E-state index is -0.473. The van der Waals surface area contributed by atoms with Gasteiger partial charge in [0.25, 0.3) is 0 Å². The van der Waals surface area contributed by atoms with Crippen LogP contribution in [-0.2, 0) is 16.0 Å². The number of hydrogen-bond acceptors (Lipinski definition) is 3. The molecule has 0 saturated heterocycles. The molecule has 0 saturated carbocycles. The maximum atomic E-state index is 12.4. The Morgan fingerprint density at radius 1 is 1.42 bits per heavy atom. The summed E-state index contributed by atoms with van der Waals surface area (Å²) in [5, 5.41) is 3.26. The van der Waals surface area contributed by atoms with Crippen molar-refractivity contribution in [1.29, 1.82) is 0 Å². The predicted molar refractivity (Wildman–Crippen MR) is 73.6 cm³/mol. The molecule has 0 bridgehead atoms. The summed E-state index contributed by atoms with van der Waals surface area (Å²) in [5.74, 6) is -0.614. The van der Waals surface area contributed by atoms with Gasteiger partial charge in [-0.05, 0) is 25.0 Å². The summed E-state index contributed by atoms with van der Waals surface area (Å²) < 4.78 is 0. The number of carbonyl (C=O) groups is 2. The van der Waals surface area contributed by atoms with Gasteiger partial charge in [0.05, 0.1) is 12.5 Å². The van der Waals surface area contributed by atoms with Gasteiger partial charge in [0.1, 0.15) is 0 Å². The number of para-hydroxylation sites is 1. The van der Waals surface area contributed by atoms with Crippen molar-refractivity contribution in [3.63, 3.8) is 0 Å². The molecule has 3 N–H and O–H groups in total. The lowest BCUT2D eigenvalue weighted by molar-refractivity contribution is -0.138. The van der Waals surface area contributed by atoms with Gasteiger partial charge >= 0.3 is 0 Å². The molecule has 1 atom stereocenters. The monoisotopic (exact) mass is 261 g/mol. The number of likely N-dealkylation sites (N-methyl/N-ethyl adjacent to an activating group) is 1. The number of fused-ring (bicyclic) bond motifs is 1. The van der Waals surface area contributed by atoms with Crippen molar-refractivity contribution in [2.24, 2.45) is 11.7 Å². The highest BCUT2D eigenvalue weighted by Crippen LogP contribution is 2.25. The van der Waals surface area contributed by atoms with Crippen LogP contribution in [0.25, 0.3) is 0 Å². The van der Waals surface area contributed by atoms with Gasteiger partial charge in [-0.2, -0.15) is 0 Å². The Balaban J connectivity index is 2.07. The lowest BCUT2D eigenvalue weighted by Crippen LogP contribution is -2.44. The molecular formula is C14H19N3O2. The van der Waals surface area contributed by atoms with E-state index in [-0.39, 0.29) is 18.4 Å². The number of hydrogen-bond donors (Lipinski definition) is 2. The number of amides is 2. The smallest absolute Gasteiger partial charge is 0.237 e. The van der Waals surface area contributed by atoms with Gasteiger partial charge in [0.2, 0.25) is 11.8 Å². The summed E-state index contributed by atoms with van der Waals surface area (Å²) in [7, 11) is 0. The van der Waals surface area contributed by atoms with Crippen molar-refractivity contribution in [1.82, 2.24) is 4.90 Å². The number of anilines is 1. The number of nitrogens with zero attached hydrogens (tertiary/aromatic N) is 1. The molecule has 1 aliphatic heterocycles. The Morgan fingerprint density at radius 2 is 2.16 bits per heavy atom. The fourth-order valence-corrected chi connectivity index (χ4v) is 2.41. The first-order valence-corrected chi connectivity index (χ1v) is 6.50. The quantitative estimate of drug-likeness (QED) is 0.833. The molecular weight excluding hydrogens is 242 g/mol. The molecule has 0 fully saturated rings. The number of primary amides is 1. The van der Waals surface area contributed by atoms with E-state index in [1.165, 1.54) is 4.90 Å². The van der Waals surface area contributed by atoms with Crippen molar-refractivity contribution in [2.75, 3.05) is 25.0 Å². The zero-order valence-electron chi connectivity index (χ0n) is 11.1. The average Bonchev–Trinajstić information content (AvgIpc) is 2.43. The lowest BCUT2D eigenvalue weighted by Gasteiger charge is -2.29. The maximum absolute atomic E-state index is 12.4. The minimum absolute atomic E-state index is 0.00647. The van der Waals surface area contributed by atoms with Gasteiger partial charge in [-0.25, -0.2) is 0 Å². The van der Waals surface area contributed by atoms with Crippen LogP contribution in [0.4, 0.5) is 5.69 Å². The lowest BCUT2D eigenvalue weighted by atomic mass is 9.93. The van der Waals surface area contributed by atoms with Crippen LogP contribution in [0, 0.1) is 5.92 Å². The van der Waals surface area contributed by atoms with Gasteiger partial charge < -0.3 is 16.0 Å². The van der Waals surface area contributed by atoms with Crippen LogP contribution in [0.1, 0.15) is 12.5 Å². The summed E-state index contributed by atoms with van der Waals surface area (Å²) in [6.45, 7) is 2.95. The van der Waals surface area contributed by atoms with Crippen LogP contribution < -0.4 is 11.1 Å². The van der Waals surface area contributed by atoms with Crippen LogP contribution >= 0.6 is 0 Å². The van der Waals surface area contributed by atoms with Crippen molar-refractivity contribution >= 4 is 17.5 Å². The van der Waals surface area contributed by atoms with E-state index in [0.29, 0.717) is 19.5 Å². The molecule has 1 heterocycles. The van der Waals surface area contributed by atoms with Crippen LogP contribution in [0.5, 0.6) is 0 Å². The highest BCUT2D eigenvalue weighted by Gasteiger charge is 2.28. The molecule has 0 aliphatic carbocycles. The van der Waals surface area contributed by atoms with E-state index in [1.807, 2.05) is 31.2 Å². The van der Waals surface area contributed by atoms with Gasteiger partial charge in [-0.15, -0.1) is 0 Å². The Bertz CT molecular complexity index is 487. The molecule has 5 nitrogen and oxygen atoms in total. The van der Waals surface area contributed by atoms with Crippen molar-refractivity contribution < 1.29 is 9.59 Å². The minimum Gasteiger partial charge on any atom is -0.384 e. The SMILES string of the molecule is CCN(CC(N)=O)C(=O)C1CNc2ccccc2C1. The van der Waals surface area contributed by atoms with Crippen molar-refractivity contribution in [3.05, 3.63) is 29.8 Å². The summed E-state index contributed by atoms with van der Waals surface area (Å²) in [6.07, 6.45) is 0.706. The van der Waals surface area contributed by atoms with Gasteiger partial charge in [-0.3, -0.25) is 9.59 Å². The molecule has 19 heavy (non-hydrogen) atoms. The predicted octanol–water partition coefficient (Wildman–Crippen LogP) is 0.605. The van der Waals surface area contributed by atoms with Crippen molar-refractivity contribution in [3.8, 4) is 0 Å². The summed E-state index contributed by atoms with van der Waals surface area (Å²) >= 11 is 0. The summed E-state index contributed by atoms with van der Waals surface area (Å²) in [4.78, 5) is 24.8. The largest absolute Gasteiger partial charge is 0.384 e. The van der Waals surface area contributed by atoms with E-state index >= 15 is 0 Å². The molecule has 5 heteroatoms. The summed E-state index contributed by atoms with van der Waals surface area (Å²) in [5.41, 5.74) is 7.39. The Morgan fingerprint density at radius 3 is 2.84 bits per heavy atom. The fourth-order valence-electron chi connectivity index (χ4n) is 2.41. The molecule has 2 amide bonds. The number of rotatable bonds is 4. The Hall–Kier alpha value is -2.04. The molecule has 0 spiro atoms. The molecule has 0 radical (unpaired) electrons. The van der Waals surface area contributed by atoms with E-state index in [9.17, 15) is 9.59 Å². The van der Waals surface area contributed by atoms with Gasteiger partial charge in [0.15, 0.2) is 0 Å². The Kier molecular flexibility index (Phi) is 4.04. The number of carbonyl (C=O) groups excluding carboxylic acids is 2. The molecule has 1 aromatic rings. The van der Waals surface area contributed by atoms with Crippen LogP contribution in [0.3, 0.4) is 0 Å². The molecule has 0 aromatic heterocycles. The number of nitrogens with one attached hydrogen (secondary N) is 1. The fraction of sp³-hybridized carbons (Fsp3) is 0.429. The third-order valence-electron chi connectivity index (χ3n) is 3.41. The maximum Gasteiger partial charge on any atom is 0.237 e. The van der Waals surface area contributed by atoms with Gasteiger partial charge in [0, 0.05) is 18.8 Å². The standard InChI is InChI=1S/C14H19N3O2/c1-2-17(9-13(15)18)14(19)11-7-10-5-3-4-6-12(10)16-8-11/h3-6,11,16H,2,7-9H2,1H3,(H2,15,18).